The molecule has 3 heteroatoms. The van der Waals surface area contributed by atoms with Crippen LogP contribution in [-0.4, -0.2) is 24.6 Å². The molecule has 20 heavy (non-hydrogen) atoms. The highest BCUT2D eigenvalue weighted by Gasteiger charge is 2.37. The fourth-order valence-electron chi connectivity index (χ4n) is 4.15. The average Bonchev–Trinajstić information content (AvgIpc) is 2.85. The van der Waals surface area contributed by atoms with Gasteiger partial charge in [0, 0.05) is 30.4 Å². The molecule has 2 aliphatic rings. The molecule has 3 nitrogen and oxygen atoms in total. The predicted molar refractivity (Wildman–Crippen MR) is 84.2 cm³/mol. The molecule has 2 unspecified atom stereocenters. The Morgan fingerprint density at radius 1 is 1.25 bits per heavy atom. The van der Waals surface area contributed by atoms with Crippen LogP contribution in [0.25, 0.3) is 0 Å². The van der Waals surface area contributed by atoms with Crippen molar-refractivity contribution in [3.05, 3.63) is 22.9 Å². The SMILES string of the molecule is CNCc1c(C)cc(C)nc1N1CCC2CCCCC21. The van der Waals surface area contributed by atoms with Gasteiger partial charge >= 0.3 is 0 Å². The Morgan fingerprint density at radius 2 is 2.05 bits per heavy atom. The second-order valence-electron chi connectivity index (χ2n) is 6.51. The Morgan fingerprint density at radius 3 is 2.85 bits per heavy atom. The Bertz CT molecular complexity index is 483. The summed E-state index contributed by atoms with van der Waals surface area (Å²) < 4.78 is 0. The van der Waals surface area contributed by atoms with E-state index in [0.29, 0.717) is 0 Å². The van der Waals surface area contributed by atoms with Crippen molar-refractivity contribution in [2.75, 3.05) is 18.5 Å². The molecule has 2 atom stereocenters. The highest BCUT2D eigenvalue weighted by atomic mass is 15.2. The van der Waals surface area contributed by atoms with E-state index in [9.17, 15) is 0 Å². The third kappa shape index (κ3) is 2.44. The molecule has 2 heterocycles. The van der Waals surface area contributed by atoms with Crippen molar-refractivity contribution in [1.29, 1.82) is 0 Å². The Hall–Kier alpha value is -1.09. The Kier molecular flexibility index (Phi) is 3.97. The number of aryl methyl sites for hydroxylation is 2. The minimum absolute atomic E-state index is 0.744. The summed E-state index contributed by atoms with van der Waals surface area (Å²) >= 11 is 0. The maximum atomic E-state index is 4.91. The van der Waals surface area contributed by atoms with Crippen molar-refractivity contribution in [3.8, 4) is 0 Å². The lowest BCUT2D eigenvalue weighted by Crippen LogP contribution is -2.36. The van der Waals surface area contributed by atoms with Crippen molar-refractivity contribution in [2.24, 2.45) is 5.92 Å². The van der Waals surface area contributed by atoms with Crippen LogP contribution in [0.15, 0.2) is 6.07 Å². The number of anilines is 1. The molecule has 110 valence electrons. The molecule has 1 saturated carbocycles. The summed E-state index contributed by atoms with van der Waals surface area (Å²) in [6.45, 7) is 6.46. The first-order valence-electron chi connectivity index (χ1n) is 8.09. The van der Waals surface area contributed by atoms with Gasteiger partial charge in [-0.2, -0.15) is 0 Å². The molecule has 0 amide bonds. The van der Waals surface area contributed by atoms with Crippen molar-refractivity contribution in [3.63, 3.8) is 0 Å². The number of nitrogens with one attached hydrogen (secondary N) is 1. The van der Waals surface area contributed by atoms with E-state index in [-0.39, 0.29) is 0 Å². The summed E-state index contributed by atoms with van der Waals surface area (Å²) in [4.78, 5) is 7.53. The number of fused-ring (bicyclic) bond motifs is 1. The molecule has 0 bridgehead atoms. The first kappa shape index (κ1) is 13.9. The zero-order valence-corrected chi connectivity index (χ0v) is 13.1. The normalized spacial score (nSPS) is 25.9. The fraction of sp³-hybridized carbons (Fsp3) is 0.706. The van der Waals surface area contributed by atoms with Crippen molar-refractivity contribution >= 4 is 5.82 Å². The highest BCUT2D eigenvalue weighted by molar-refractivity contribution is 5.53. The molecule has 1 saturated heterocycles. The van der Waals surface area contributed by atoms with Gasteiger partial charge in [0.2, 0.25) is 0 Å². The molecule has 1 aromatic rings. The van der Waals surface area contributed by atoms with Crippen molar-refractivity contribution in [1.82, 2.24) is 10.3 Å². The number of pyridine rings is 1. The lowest BCUT2D eigenvalue weighted by Gasteiger charge is -2.34. The predicted octanol–water partition coefficient (Wildman–Crippen LogP) is 3.19. The molecule has 1 N–H and O–H groups in total. The third-order valence-electron chi connectivity index (χ3n) is 5.09. The zero-order chi connectivity index (χ0) is 14.1. The van der Waals surface area contributed by atoms with Gasteiger partial charge in [-0.05, 0) is 57.7 Å². The molecule has 3 rings (SSSR count). The molecule has 0 spiro atoms. The van der Waals surface area contributed by atoms with Gasteiger partial charge in [0.25, 0.3) is 0 Å². The lowest BCUT2D eigenvalue weighted by molar-refractivity contribution is 0.341. The minimum atomic E-state index is 0.744. The average molecular weight is 273 g/mol. The van der Waals surface area contributed by atoms with Gasteiger partial charge in [-0.25, -0.2) is 4.98 Å². The summed E-state index contributed by atoms with van der Waals surface area (Å²) in [5.74, 6) is 2.17. The van der Waals surface area contributed by atoms with E-state index < -0.39 is 0 Å². The summed E-state index contributed by atoms with van der Waals surface area (Å²) in [6, 6.07) is 2.96. The Labute approximate surface area is 122 Å². The van der Waals surface area contributed by atoms with Crippen LogP contribution < -0.4 is 10.2 Å². The quantitative estimate of drug-likeness (QED) is 0.916. The van der Waals surface area contributed by atoms with Gasteiger partial charge in [0.1, 0.15) is 5.82 Å². The maximum absolute atomic E-state index is 4.91. The number of aromatic nitrogens is 1. The van der Waals surface area contributed by atoms with E-state index >= 15 is 0 Å². The van der Waals surface area contributed by atoms with Crippen LogP contribution in [0.1, 0.15) is 48.9 Å². The van der Waals surface area contributed by atoms with Gasteiger partial charge < -0.3 is 10.2 Å². The monoisotopic (exact) mass is 273 g/mol. The third-order valence-corrected chi connectivity index (χ3v) is 5.09. The van der Waals surface area contributed by atoms with E-state index in [2.05, 4.69) is 30.1 Å². The van der Waals surface area contributed by atoms with E-state index in [1.165, 1.54) is 55.6 Å². The smallest absolute Gasteiger partial charge is 0.133 e. The van der Waals surface area contributed by atoms with Gasteiger partial charge in [-0.3, -0.25) is 0 Å². The van der Waals surface area contributed by atoms with Crippen LogP contribution in [0.5, 0.6) is 0 Å². The van der Waals surface area contributed by atoms with E-state index in [1.54, 1.807) is 0 Å². The second-order valence-corrected chi connectivity index (χ2v) is 6.51. The highest BCUT2D eigenvalue weighted by Crippen LogP contribution is 2.39. The van der Waals surface area contributed by atoms with Gasteiger partial charge in [-0.1, -0.05) is 12.8 Å². The first-order valence-corrected chi connectivity index (χ1v) is 8.09. The minimum Gasteiger partial charge on any atom is -0.353 e. The number of hydrogen-bond donors (Lipinski definition) is 1. The first-order chi connectivity index (χ1) is 9.70. The summed E-state index contributed by atoms with van der Waals surface area (Å²) in [5.41, 5.74) is 3.92. The lowest BCUT2D eigenvalue weighted by atomic mass is 9.85. The molecule has 0 radical (unpaired) electrons. The fourth-order valence-corrected chi connectivity index (χ4v) is 4.15. The van der Waals surface area contributed by atoms with Crippen molar-refractivity contribution in [2.45, 2.75) is 58.5 Å². The van der Waals surface area contributed by atoms with Gasteiger partial charge in [-0.15, -0.1) is 0 Å². The van der Waals surface area contributed by atoms with Crippen LogP contribution >= 0.6 is 0 Å². The molecule has 0 aromatic carbocycles. The molecule has 2 fully saturated rings. The standard InChI is InChI=1S/C17H27N3/c1-12-10-13(2)19-17(15(12)11-18-3)20-9-8-14-6-4-5-7-16(14)20/h10,14,16,18H,4-9,11H2,1-3H3. The van der Waals surface area contributed by atoms with Gasteiger partial charge in [0.05, 0.1) is 0 Å². The summed E-state index contributed by atoms with van der Waals surface area (Å²) in [5, 5.41) is 3.31. The largest absolute Gasteiger partial charge is 0.353 e. The van der Waals surface area contributed by atoms with E-state index in [1.807, 2.05) is 7.05 Å². The summed E-state index contributed by atoms with van der Waals surface area (Å²) in [6.07, 6.45) is 6.96. The van der Waals surface area contributed by atoms with Crippen LogP contribution in [-0.2, 0) is 6.54 Å². The topological polar surface area (TPSA) is 28.2 Å². The number of rotatable bonds is 3. The maximum Gasteiger partial charge on any atom is 0.133 e. The number of nitrogens with zero attached hydrogens (tertiary/aromatic N) is 2. The molecule has 1 aliphatic heterocycles. The van der Waals surface area contributed by atoms with E-state index in [4.69, 9.17) is 4.98 Å². The molecule has 1 aromatic heterocycles. The zero-order valence-electron chi connectivity index (χ0n) is 13.1. The second kappa shape index (κ2) is 5.72. The van der Waals surface area contributed by atoms with Crippen LogP contribution in [0.4, 0.5) is 5.82 Å². The molecular weight excluding hydrogens is 246 g/mol. The summed E-state index contributed by atoms with van der Waals surface area (Å²) in [7, 11) is 2.02. The van der Waals surface area contributed by atoms with Crippen LogP contribution in [0, 0.1) is 19.8 Å². The van der Waals surface area contributed by atoms with Gasteiger partial charge in [0.15, 0.2) is 0 Å². The number of hydrogen-bond acceptors (Lipinski definition) is 3. The Balaban J connectivity index is 1.96. The van der Waals surface area contributed by atoms with Crippen molar-refractivity contribution < 1.29 is 0 Å². The van der Waals surface area contributed by atoms with Crippen LogP contribution in [0.2, 0.25) is 0 Å². The van der Waals surface area contributed by atoms with E-state index in [0.717, 1.165) is 24.2 Å². The molecule has 1 aliphatic carbocycles. The van der Waals surface area contributed by atoms with Crippen LogP contribution in [0.3, 0.4) is 0 Å². The molecular formula is C17H27N3.